The van der Waals surface area contributed by atoms with Crippen LogP contribution in [-0.2, 0) is 16.1 Å². The average Bonchev–Trinajstić information content (AvgIpc) is 3.35. The van der Waals surface area contributed by atoms with Crippen LogP contribution >= 0.6 is 11.3 Å². The Morgan fingerprint density at radius 1 is 1.30 bits per heavy atom. The fraction of sp³-hybridized carbons (Fsp3) is 0.478. The number of aromatic carboxylic acids is 1. The minimum absolute atomic E-state index is 0.0447. The van der Waals surface area contributed by atoms with Gasteiger partial charge in [0.2, 0.25) is 5.91 Å². The first-order valence-corrected chi connectivity index (χ1v) is 11.4. The fourth-order valence-electron chi connectivity index (χ4n) is 3.73. The Balaban J connectivity index is 1.56. The second-order valence-corrected chi connectivity index (χ2v) is 8.68. The number of thiophene rings is 1. The van der Waals surface area contributed by atoms with Gasteiger partial charge in [0.05, 0.1) is 30.9 Å². The Bertz CT molecular complexity index is 848. The van der Waals surface area contributed by atoms with Crippen molar-refractivity contribution in [3.63, 3.8) is 0 Å². The molecule has 1 aromatic heterocycles. The van der Waals surface area contributed by atoms with E-state index in [0.717, 1.165) is 48.2 Å². The van der Waals surface area contributed by atoms with Crippen LogP contribution in [0.3, 0.4) is 0 Å². The van der Waals surface area contributed by atoms with Gasteiger partial charge in [0, 0.05) is 22.4 Å². The monoisotopic (exact) mass is 431 g/mol. The van der Waals surface area contributed by atoms with Gasteiger partial charge in [-0.1, -0.05) is 38.3 Å². The highest BCUT2D eigenvalue weighted by atomic mass is 32.1. The number of benzene rings is 1. The summed E-state index contributed by atoms with van der Waals surface area (Å²) in [7, 11) is 0. The standard InChI is InChI=1S/C23H29NO5S/c1-2-3-4-5-21(25)16-6-8-18(9-7-16)24-19(10-11-22(24)26)13-29-14-20-12-17(15-30-20)23(27)28/h6-9,12,15,19,21,25H,2-5,10-11,13-14H2,1H3,(H,27,28)/t19?,21-/m1/s1. The molecule has 7 heteroatoms. The normalized spacial score (nSPS) is 17.5. The number of nitrogens with zero attached hydrogens (tertiary/aromatic N) is 1. The Labute approximate surface area is 181 Å². The van der Waals surface area contributed by atoms with Crippen molar-refractivity contribution in [1.82, 2.24) is 0 Å². The summed E-state index contributed by atoms with van der Waals surface area (Å²) >= 11 is 1.36. The maximum Gasteiger partial charge on any atom is 0.336 e. The lowest BCUT2D eigenvalue weighted by molar-refractivity contribution is -0.117. The summed E-state index contributed by atoms with van der Waals surface area (Å²) in [4.78, 5) is 26.1. The molecule has 2 heterocycles. The summed E-state index contributed by atoms with van der Waals surface area (Å²) in [5, 5.41) is 20.9. The van der Waals surface area contributed by atoms with Gasteiger partial charge in [0.15, 0.2) is 0 Å². The molecule has 162 valence electrons. The number of amides is 1. The third-order valence-electron chi connectivity index (χ3n) is 5.42. The van der Waals surface area contributed by atoms with Gasteiger partial charge in [0.1, 0.15) is 0 Å². The van der Waals surface area contributed by atoms with Gasteiger partial charge in [0.25, 0.3) is 0 Å². The first-order valence-electron chi connectivity index (χ1n) is 10.5. The molecule has 3 rings (SSSR count). The lowest BCUT2D eigenvalue weighted by Crippen LogP contribution is -2.36. The van der Waals surface area contributed by atoms with Crippen LogP contribution in [0.5, 0.6) is 0 Å². The molecule has 6 nitrogen and oxygen atoms in total. The minimum atomic E-state index is -0.941. The number of carboxylic acids is 1. The number of anilines is 1. The van der Waals surface area contributed by atoms with Crippen molar-refractivity contribution in [2.45, 2.75) is 64.2 Å². The van der Waals surface area contributed by atoms with Gasteiger partial charge in [-0.25, -0.2) is 4.79 Å². The zero-order valence-corrected chi connectivity index (χ0v) is 18.1. The van der Waals surface area contributed by atoms with Crippen molar-refractivity contribution >= 4 is 28.9 Å². The van der Waals surface area contributed by atoms with Gasteiger partial charge in [-0.2, -0.15) is 0 Å². The highest BCUT2D eigenvalue weighted by Crippen LogP contribution is 2.29. The molecule has 1 aliphatic heterocycles. The summed E-state index contributed by atoms with van der Waals surface area (Å²) < 4.78 is 5.80. The molecule has 0 bridgehead atoms. The number of unbranched alkanes of at least 4 members (excludes halogenated alkanes) is 2. The Morgan fingerprint density at radius 2 is 2.07 bits per heavy atom. The predicted molar refractivity (Wildman–Crippen MR) is 117 cm³/mol. The number of carbonyl (C=O) groups excluding carboxylic acids is 1. The molecule has 1 fully saturated rings. The van der Waals surface area contributed by atoms with Crippen LogP contribution in [-0.4, -0.2) is 34.7 Å². The van der Waals surface area contributed by atoms with Crippen molar-refractivity contribution in [3.05, 3.63) is 51.7 Å². The molecule has 2 aromatic rings. The van der Waals surface area contributed by atoms with Crippen molar-refractivity contribution in [3.8, 4) is 0 Å². The van der Waals surface area contributed by atoms with E-state index in [1.54, 1.807) is 16.3 Å². The molecule has 1 unspecified atom stereocenters. The molecule has 1 aromatic carbocycles. The highest BCUT2D eigenvalue weighted by molar-refractivity contribution is 7.10. The zero-order valence-electron chi connectivity index (χ0n) is 17.3. The number of rotatable bonds is 11. The zero-order chi connectivity index (χ0) is 21.5. The summed E-state index contributed by atoms with van der Waals surface area (Å²) in [5.74, 6) is -0.867. The number of hydrogen-bond donors (Lipinski definition) is 2. The molecule has 0 aliphatic carbocycles. The lowest BCUT2D eigenvalue weighted by atomic mass is 10.0. The van der Waals surface area contributed by atoms with E-state index in [-0.39, 0.29) is 17.5 Å². The number of ether oxygens (including phenoxy) is 1. The minimum Gasteiger partial charge on any atom is -0.478 e. The summed E-state index contributed by atoms with van der Waals surface area (Å²) in [5.41, 5.74) is 1.97. The van der Waals surface area contributed by atoms with Crippen LogP contribution in [0.1, 0.15) is 72.4 Å². The SMILES string of the molecule is CCCCC[C@@H](O)c1ccc(N2C(=O)CCC2COCc2cc(C(=O)O)cs2)cc1. The van der Waals surface area contributed by atoms with E-state index in [1.165, 1.54) is 11.3 Å². The molecule has 2 atom stereocenters. The van der Waals surface area contributed by atoms with Crippen LogP contribution in [0.25, 0.3) is 0 Å². The summed E-state index contributed by atoms with van der Waals surface area (Å²) in [6, 6.07) is 9.16. The number of carboxylic acid groups (broad SMARTS) is 1. The third-order valence-corrected chi connectivity index (χ3v) is 6.33. The lowest BCUT2D eigenvalue weighted by Gasteiger charge is -2.25. The molecular weight excluding hydrogens is 402 g/mol. The number of aliphatic hydroxyl groups excluding tert-OH is 1. The summed E-state index contributed by atoms with van der Waals surface area (Å²) in [6.45, 7) is 2.87. The predicted octanol–water partition coefficient (Wildman–Crippen LogP) is 4.77. The molecule has 0 saturated carbocycles. The third kappa shape index (κ3) is 5.68. The Hall–Kier alpha value is -2.22. The smallest absolute Gasteiger partial charge is 0.336 e. The quantitative estimate of drug-likeness (QED) is 0.500. The van der Waals surface area contributed by atoms with Crippen LogP contribution in [0.4, 0.5) is 5.69 Å². The molecule has 2 N–H and O–H groups in total. The van der Waals surface area contributed by atoms with Gasteiger partial charge in [-0.05, 0) is 36.6 Å². The number of hydrogen-bond acceptors (Lipinski definition) is 5. The van der Waals surface area contributed by atoms with E-state index < -0.39 is 12.1 Å². The molecule has 1 aliphatic rings. The largest absolute Gasteiger partial charge is 0.478 e. The van der Waals surface area contributed by atoms with E-state index in [9.17, 15) is 14.7 Å². The maximum absolute atomic E-state index is 12.4. The number of carbonyl (C=O) groups is 2. The molecule has 0 spiro atoms. The average molecular weight is 432 g/mol. The van der Waals surface area contributed by atoms with Gasteiger partial charge < -0.3 is 19.8 Å². The van der Waals surface area contributed by atoms with Gasteiger partial charge in [-0.3, -0.25) is 4.79 Å². The second kappa shape index (κ2) is 10.7. The molecule has 0 radical (unpaired) electrons. The second-order valence-electron chi connectivity index (χ2n) is 7.68. The van der Waals surface area contributed by atoms with Crippen molar-refractivity contribution in [2.75, 3.05) is 11.5 Å². The first kappa shape index (κ1) is 22.5. The van der Waals surface area contributed by atoms with Crippen LogP contribution < -0.4 is 4.90 Å². The van der Waals surface area contributed by atoms with E-state index in [2.05, 4.69) is 6.92 Å². The van der Waals surface area contributed by atoms with E-state index in [1.807, 2.05) is 24.3 Å². The van der Waals surface area contributed by atoms with E-state index in [4.69, 9.17) is 9.84 Å². The maximum atomic E-state index is 12.4. The van der Waals surface area contributed by atoms with Crippen molar-refractivity contribution < 1.29 is 24.5 Å². The molecule has 1 saturated heterocycles. The van der Waals surface area contributed by atoms with Gasteiger partial charge >= 0.3 is 5.97 Å². The molecule has 30 heavy (non-hydrogen) atoms. The molecular formula is C23H29NO5S. The topological polar surface area (TPSA) is 87.1 Å². The van der Waals surface area contributed by atoms with Crippen LogP contribution in [0.15, 0.2) is 35.7 Å². The highest BCUT2D eigenvalue weighted by Gasteiger charge is 2.32. The molecule has 1 amide bonds. The Kier molecular flexibility index (Phi) is 8.01. The fourth-order valence-corrected chi connectivity index (χ4v) is 4.53. The van der Waals surface area contributed by atoms with Crippen LogP contribution in [0.2, 0.25) is 0 Å². The summed E-state index contributed by atoms with van der Waals surface area (Å²) in [6.07, 6.45) is 4.73. The van der Waals surface area contributed by atoms with Gasteiger partial charge in [-0.15, -0.1) is 11.3 Å². The van der Waals surface area contributed by atoms with Crippen molar-refractivity contribution in [1.29, 1.82) is 0 Å². The Morgan fingerprint density at radius 3 is 2.73 bits per heavy atom. The van der Waals surface area contributed by atoms with E-state index >= 15 is 0 Å². The number of aliphatic hydroxyl groups is 1. The van der Waals surface area contributed by atoms with E-state index in [0.29, 0.717) is 19.6 Å². The van der Waals surface area contributed by atoms with Crippen molar-refractivity contribution in [2.24, 2.45) is 0 Å². The first-order chi connectivity index (χ1) is 14.5. The van der Waals surface area contributed by atoms with Crippen LogP contribution in [0, 0.1) is 0 Å².